The number of hydrogen-bond donors (Lipinski definition) is 2. The van der Waals surface area contributed by atoms with E-state index in [0.29, 0.717) is 35.0 Å². The van der Waals surface area contributed by atoms with Crippen molar-refractivity contribution in [1.29, 1.82) is 5.26 Å². The average Bonchev–Trinajstić information content (AvgIpc) is 2.83. The summed E-state index contributed by atoms with van der Waals surface area (Å²) in [4.78, 5) is 24.9. The average molecular weight is 470 g/mol. The zero-order valence-electron chi connectivity index (χ0n) is 19.9. The Morgan fingerprint density at radius 2 is 1.66 bits per heavy atom. The van der Waals surface area contributed by atoms with Crippen LogP contribution >= 0.6 is 0 Å². The van der Waals surface area contributed by atoms with E-state index in [-0.39, 0.29) is 18.1 Å². The summed E-state index contributed by atoms with van der Waals surface area (Å²) < 4.78 is 11.3. The predicted molar refractivity (Wildman–Crippen MR) is 136 cm³/mol. The van der Waals surface area contributed by atoms with Crippen LogP contribution in [0.1, 0.15) is 23.6 Å². The van der Waals surface area contributed by atoms with Gasteiger partial charge in [0.2, 0.25) is 0 Å². The molecule has 2 N–H and O–H groups in total. The number of nitrogens with zero attached hydrogens (tertiary/aromatic N) is 1. The Kier molecular flexibility index (Phi) is 8.63. The molecule has 178 valence electrons. The molecule has 3 rings (SSSR count). The smallest absolute Gasteiger partial charge is 0.266 e. The maximum atomic E-state index is 12.6. The zero-order chi connectivity index (χ0) is 25.2. The lowest BCUT2D eigenvalue weighted by Crippen LogP contribution is -2.20. The molecule has 7 heteroatoms. The molecule has 3 aromatic rings. The summed E-state index contributed by atoms with van der Waals surface area (Å²) in [5, 5.41) is 15.0. The minimum absolute atomic E-state index is 0.0563. The molecular weight excluding hydrogens is 442 g/mol. The fourth-order valence-electron chi connectivity index (χ4n) is 3.22. The molecular formula is C28H27N3O4. The van der Waals surface area contributed by atoms with E-state index >= 15 is 0 Å². The summed E-state index contributed by atoms with van der Waals surface area (Å²) in [7, 11) is 0. The lowest BCUT2D eigenvalue weighted by atomic mass is 10.1. The molecule has 0 spiro atoms. The summed E-state index contributed by atoms with van der Waals surface area (Å²) in [6, 6.07) is 21.7. The number of hydrogen-bond acceptors (Lipinski definition) is 5. The quantitative estimate of drug-likeness (QED) is 0.329. The van der Waals surface area contributed by atoms with Gasteiger partial charge in [-0.1, -0.05) is 35.9 Å². The number of nitrogens with one attached hydrogen (secondary N) is 2. The Labute approximate surface area is 205 Å². The number of benzene rings is 3. The van der Waals surface area contributed by atoms with Gasteiger partial charge in [-0.3, -0.25) is 9.59 Å². The van der Waals surface area contributed by atoms with Crippen molar-refractivity contribution in [2.24, 2.45) is 0 Å². The van der Waals surface area contributed by atoms with Crippen LogP contribution in [-0.4, -0.2) is 25.0 Å². The highest BCUT2D eigenvalue weighted by Crippen LogP contribution is 2.29. The molecule has 3 aromatic carbocycles. The van der Waals surface area contributed by atoms with Gasteiger partial charge in [0.15, 0.2) is 18.1 Å². The fourth-order valence-corrected chi connectivity index (χ4v) is 3.22. The Morgan fingerprint density at radius 3 is 2.34 bits per heavy atom. The van der Waals surface area contributed by atoms with Crippen molar-refractivity contribution in [3.05, 3.63) is 89.0 Å². The van der Waals surface area contributed by atoms with Crippen molar-refractivity contribution in [2.45, 2.75) is 20.8 Å². The van der Waals surface area contributed by atoms with Gasteiger partial charge in [-0.15, -0.1) is 0 Å². The first-order chi connectivity index (χ1) is 16.9. The first-order valence-electron chi connectivity index (χ1n) is 11.1. The number of aryl methyl sites for hydroxylation is 2. The molecule has 0 aliphatic rings. The molecule has 7 nitrogen and oxygen atoms in total. The molecule has 0 fully saturated rings. The Hall–Kier alpha value is -4.57. The van der Waals surface area contributed by atoms with Crippen molar-refractivity contribution >= 4 is 29.3 Å². The molecule has 0 bridgehead atoms. The highest BCUT2D eigenvalue weighted by molar-refractivity contribution is 6.09. The Balaban J connectivity index is 1.70. The van der Waals surface area contributed by atoms with Crippen LogP contribution in [0.25, 0.3) is 6.08 Å². The van der Waals surface area contributed by atoms with Gasteiger partial charge >= 0.3 is 0 Å². The van der Waals surface area contributed by atoms with Gasteiger partial charge in [0, 0.05) is 11.4 Å². The van der Waals surface area contributed by atoms with Crippen molar-refractivity contribution in [2.75, 3.05) is 23.8 Å². The van der Waals surface area contributed by atoms with Gasteiger partial charge in [-0.05, 0) is 74.4 Å². The number of rotatable bonds is 9. The highest BCUT2D eigenvalue weighted by Gasteiger charge is 2.13. The number of carbonyl (C=O) groups excluding carboxylic acids is 2. The van der Waals surface area contributed by atoms with Crippen LogP contribution in [0.5, 0.6) is 11.5 Å². The lowest BCUT2D eigenvalue weighted by Gasteiger charge is -2.13. The van der Waals surface area contributed by atoms with Crippen LogP contribution < -0.4 is 20.1 Å². The lowest BCUT2D eigenvalue weighted by molar-refractivity contribution is -0.118. The summed E-state index contributed by atoms with van der Waals surface area (Å²) in [6.45, 7) is 5.89. The van der Waals surface area contributed by atoms with Gasteiger partial charge in [0.1, 0.15) is 11.6 Å². The van der Waals surface area contributed by atoms with Crippen LogP contribution in [0, 0.1) is 25.2 Å². The molecule has 0 saturated carbocycles. The van der Waals surface area contributed by atoms with Crippen LogP contribution in [0.2, 0.25) is 0 Å². The molecule has 0 aromatic heterocycles. The molecule has 0 unspecified atom stereocenters. The van der Waals surface area contributed by atoms with Crippen LogP contribution in [0.15, 0.2) is 72.3 Å². The minimum atomic E-state index is -0.512. The highest BCUT2D eigenvalue weighted by atomic mass is 16.5. The Morgan fingerprint density at radius 1 is 0.886 bits per heavy atom. The first kappa shape index (κ1) is 25.1. The van der Waals surface area contributed by atoms with E-state index in [1.807, 2.05) is 57.2 Å². The van der Waals surface area contributed by atoms with E-state index in [9.17, 15) is 14.9 Å². The second kappa shape index (κ2) is 12.1. The van der Waals surface area contributed by atoms with Gasteiger partial charge in [0.05, 0.1) is 6.61 Å². The maximum Gasteiger partial charge on any atom is 0.266 e. The summed E-state index contributed by atoms with van der Waals surface area (Å²) in [5.74, 6) is -0.0316. The molecule has 0 atom stereocenters. The number of ether oxygens (including phenoxy) is 2. The van der Waals surface area contributed by atoms with E-state index in [1.54, 1.807) is 36.4 Å². The number of nitriles is 1. The second-order valence-corrected chi connectivity index (χ2v) is 7.84. The molecule has 35 heavy (non-hydrogen) atoms. The molecule has 0 aliphatic carbocycles. The van der Waals surface area contributed by atoms with Gasteiger partial charge < -0.3 is 20.1 Å². The zero-order valence-corrected chi connectivity index (χ0v) is 19.9. The van der Waals surface area contributed by atoms with Gasteiger partial charge in [0.25, 0.3) is 11.8 Å². The number of anilines is 2. The first-order valence-corrected chi connectivity index (χ1v) is 11.1. The van der Waals surface area contributed by atoms with Crippen LogP contribution in [-0.2, 0) is 9.59 Å². The minimum Gasteiger partial charge on any atom is -0.490 e. The number of carbonyl (C=O) groups is 2. The monoisotopic (exact) mass is 469 g/mol. The van der Waals surface area contributed by atoms with Crippen LogP contribution in [0.4, 0.5) is 11.4 Å². The second-order valence-electron chi connectivity index (χ2n) is 7.84. The molecule has 0 saturated heterocycles. The van der Waals surface area contributed by atoms with E-state index in [0.717, 1.165) is 11.1 Å². The topological polar surface area (TPSA) is 100 Å². The van der Waals surface area contributed by atoms with E-state index in [1.165, 1.54) is 6.08 Å². The molecule has 0 heterocycles. The molecule has 0 aliphatic heterocycles. The third-order valence-electron chi connectivity index (χ3n) is 4.91. The van der Waals surface area contributed by atoms with Gasteiger partial charge in [-0.25, -0.2) is 0 Å². The largest absolute Gasteiger partial charge is 0.490 e. The van der Waals surface area contributed by atoms with Crippen molar-refractivity contribution < 1.29 is 19.1 Å². The van der Waals surface area contributed by atoms with E-state index in [4.69, 9.17) is 9.47 Å². The predicted octanol–water partition coefficient (Wildman–Crippen LogP) is 5.27. The van der Waals surface area contributed by atoms with Gasteiger partial charge in [-0.2, -0.15) is 5.26 Å². The fraction of sp³-hybridized carbons (Fsp3) is 0.179. The van der Waals surface area contributed by atoms with Crippen molar-refractivity contribution in [3.8, 4) is 17.6 Å². The maximum absolute atomic E-state index is 12.6. The van der Waals surface area contributed by atoms with Crippen molar-refractivity contribution in [3.63, 3.8) is 0 Å². The van der Waals surface area contributed by atoms with Crippen molar-refractivity contribution in [1.82, 2.24) is 0 Å². The summed E-state index contributed by atoms with van der Waals surface area (Å²) in [6.07, 6.45) is 1.47. The third-order valence-corrected chi connectivity index (χ3v) is 4.91. The molecule has 2 amide bonds. The summed E-state index contributed by atoms with van der Waals surface area (Å²) in [5.41, 5.74) is 3.93. The van der Waals surface area contributed by atoms with E-state index in [2.05, 4.69) is 10.6 Å². The Bertz CT molecular complexity index is 1270. The third kappa shape index (κ3) is 7.47. The normalized spacial score (nSPS) is 10.7. The number of amides is 2. The van der Waals surface area contributed by atoms with Crippen LogP contribution in [0.3, 0.4) is 0 Å². The summed E-state index contributed by atoms with van der Waals surface area (Å²) >= 11 is 0. The SMILES string of the molecule is CCOc1cc(/C=C(\C#N)C(=O)Nc2ccc(C)cc2)ccc1OCC(=O)Nc1cccc(C)c1. The van der Waals surface area contributed by atoms with E-state index < -0.39 is 5.91 Å². The molecule has 0 radical (unpaired) electrons. The standard InChI is InChI=1S/C28H27N3O4/c1-4-34-26-16-21(15-22(17-29)28(33)31-23-11-8-19(2)9-12-23)10-13-25(26)35-18-27(32)30-24-7-5-6-20(3)14-24/h5-16H,4,18H2,1-3H3,(H,30,32)(H,31,33)/b22-15+.